The second-order valence-corrected chi connectivity index (χ2v) is 4.72. The fourth-order valence-corrected chi connectivity index (χ4v) is 2.19. The Kier molecular flexibility index (Phi) is 3.54. The number of aromatic nitrogens is 1. The average molecular weight is 255 g/mol. The molecule has 1 N–H and O–H groups in total. The Hall–Kier alpha value is -0.410. The van der Waals surface area contributed by atoms with Crippen LogP contribution in [0.4, 0.5) is 0 Å². The molecule has 1 aliphatic heterocycles. The van der Waals surface area contributed by atoms with Crippen LogP contribution in [-0.4, -0.2) is 18.1 Å². The molecule has 1 aliphatic rings. The van der Waals surface area contributed by atoms with Crippen molar-refractivity contribution in [2.45, 2.75) is 19.3 Å². The van der Waals surface area contributed by atoms with Crippen molar-refractivity contribution < 1.29 is 0 Å². The summed E-state index contributed by atoms with van der Waals surface area (Å²) in [6.07, 6.45) is 5.80. The van der Waals surface area contributed by atoms with Crippen LogP contribution in [0.5, 0.6) is 0 Å². The lowest BCUT2D eigenvalue weighted by Gasteiger charge is -2.22. The molecule has 1 unspecified atom stereocenters. The molecule has 1 aromatic heterocycles. The van der Waals surface area contributed by atoms with Gasteiger partial charge in [-0.1, -0.05) is 6.07 Å². The maximum Gasteiger partial charge on any atom is 0.106 e. The standard InChI is InChI=1S/C11H15BrN2/c12-11-4-3-10(8-14-11)6-9-2-1-5-13-7-9/h3-4,8-9,13H,1-2,5-7H2. The van der Waals surface area contributed by atoms with E-state index in [2.05, 4.69) is 32.3 Å². The Labute approximate surface area is 93.3 Å². The molecule has 0 saturated carbocycles. The molecule has 14 heavy (non-hydrogen) atoms. The first-order chi connectivity index (χ1) is 6.84. The molecule has 0 radical (unpaired) electrons. The first-order valence-electron chi connectivity index (χ1n) is 5.16. The summed E-state index contributed by atoms with van der Waals surface area (Å²) in [6, 6.07) is 4.18. The van der Waals surface area contributed by atoms with Crippen LogP contribution >= 0.6 is 15.9 Å². The summed E-state index contributed by atoms with van der Waals surface area (Å²) in [6.45, 7) is 2.35. The Morgan fingerprint density at radius 3 is 3.07 bits per heavy atom. The van der Waals surface area contributed by atoms with Gasteiger partial charge in [0.15, 0.2) is 0 Å². The Balaban J connectivity index is 1.92. The minimum atomic E-state index is 0.798. The van der Waals surface area contributed by atoms with E-state index in [1.54, 1.807) is 0 Å². The molecule has 76 valence electrons. The minimum absolute atomic E-state index is 0.798. The highest BCUT2D eigenvalue weighted by molar-refractivity contribution is 9.10. The zero-order chi connectivity index (χ0) is 9.80. The van der Waals surface area contributed by atoms with Crippen LogP contribution in [0, 0.1) is 5.92 Å². The number of nitrogens with one attached hydrogen (secondary N) is 1. The second kappa shape index (κ2) is 4.89. The average Bonchev–Trinajstić information content (AvgIpc) is 2.23. The quantitative estimate of drug-likeness (QED) is 0.821. The van der Waals surface area contributed by atoms with E-state index in [1.807, 2.05) is 12.3 Å². The number of nitrogens with zero attached hydrogens (tertiary/aromatic N) is 1. The number of halogens is 1. The normalized spacial score (nSPS) is 22.2. The molecule has 1 aromatic rings. The highest BCUT2D eigenvalue weighted by atomic mass is 79.9. The third-order valence-corrected chi connectivity index (χ3v) is 3.18. The summed E-state index contributed by atoms with van der Waals surface area (Å²) in [5, 5.41) is 3.44. The third-order valence-electron chi connectivity index (χ3n) is 2.71. The van der Waals surface area contributed by atoms with Crippen LogP contribution in [-0.2, 0) is 6.42 Å². The summed E-state index contributed by atoms with van der Waals surface area (Å²) in [5.74, 6) is 0.798. The van der Waals surface area contributed by atoms with Crippen molar-refractivity contribution in [1.82, 2.24) is 10.3 Å². The molecule has 2 rings (SSSR count). The molecular weight excluding hydrogens is 240 g/mol. The molecule has 1 saturated heterocycles. The van der Waals surface area contributed by atoms with Gasteiger partial charge >= 0.3 is 0 Å². The lowest BCUT2D eigenvalue weighted by molar-refractivity contribution is 0.376. The van der Waals surface area contributed by atoms with Gasteiger partial charge < -0.3 is 5.32 Å². The van der Waals surface area contributed by atoms with Crippen LogP contribution in [0.3, 0.4) is 0 Å². The van der Waals surface area contributed by atoms with Crippen molar-refractivity contribution >= 4 is 15.9 Å². The fourth-order valence-electron chi connectivity index (χ4n) is 1.96. The predicted molar refractivity (Wildman–Crippen MR) is 61.2 cm³/mol. The van der Waals surface area contributed by atoms with Crippen LogP contribution in [0.25, 0.3) is 0 Å². The molecule has 3 heteroatoms. The summed E-state index contributed by atoms with van der Waals surface area (Å²) < 4.78 is 0.919. The van der Waals surface area contributed by atoms with E-state index in [9.17, 15) is 0 Å². The van der Waals surface area contributed by atoms with Crippen molar-refractivity contribution in [3.8, 4) is 0 Å². The molecule has 0 spiro atoms. The maximum atomic E-state index is 4.24. The topological polar surface area (TPSA) is 24.9 Å². The van der Waals surface area contributed by atoms with Crippen LogP contribution in [0.2, 0.25) is 0 Å². The Bertz CT molecular complexity index is 278. The Morgan fingerprint density at radius 1 is 1.50 bits per heavy atom. The van der Waals surface area contributed by atoms with E-state index < -0.39 is 0 Å². The van der Waals surface area contributed by atoms with Crippen LogP contribution in [0.15, 0.2) is 22.9 Å². The number of hydrogen-bond acceptors (Lipinski definition) is 2. The number of piperidine rings is 1. The molecule has 0 aromatic carbocycles. The van der Waals surface area contributed by atoms with Crippen molar-refractivity contribution in [2.75, 3.05) is 13.1 Å². The van der Waals surface area contributed by atoms with E-state index >= 15 is 0 Å². The summed E-state index contributed by atoms with van der Waals surface area (Å²) in [5.41, 5.74) is 1.35. The highest BCUT2D eigenvalue weighted by Crippen LogP contribution is 2.16. The lowest BCUT2D eigenvalue weighted by Crippen LogP contribution is -2.30. The molecule has 1 fully saturated rings. The highest BCUT2D eigenvalue weighted by Gasteiger charge is 2.13. The van der Waals surface area contributed by atoms with Gasteiger partial charge in [0.2, 0.25) is 0 Å². The summed E-state index contributed by atoms with van der Waals surface area (Å²) in [7, 11) is 0. The van der Waals surface area contributed by atoms with E-state index in [0.717, 1.165) is 23.5 Å². The van der Waals surface area contributed by atoms with E-state index in [1.165, 1.54) is 24.9 Å². The molecule has 0 aliphatic carbocycles. The molecular formula is C11H15BrN2. The van der Waals surface area contributed by atoms with Crippen molar-refractivity contribution in [1.29, 1.82) is 0 Å². The first-order valence-corrected chi connectivity index (χ1v) is 5.95. The molecule has 1 atom stereocenters. The molecule has 2 nitrogen and oxygen atoms in total. The zero-order valence-corrected chi connectivity index (χ0v) is 9.76. The molecule has 0 amide bonds. The van der Waals surface area contributed by atoms with Gasteiger partial charge in [0.05, 0.1) is 0 Å². The van der Waals surface area contributed by atoms with Gasteiger partial charge in [0, 0.05) is 6.20 Å². The fraction of sp³-hybridized carbons (Fsp3) is 0.545. The Morgan fingerprint density at radius 2 is 2.43 bits per heavy atom. The first kappa shape index (κ1) is 10.1. The van der Waals surface area contributed by atoms with Gasteiger partial charge in [-0.15, -0.1) is 0 Å². The van der Waals surface area contributed by atoms with Crippen molar-refractivity contribution in [3.05, 3.63) is 28.5 Å². The monoisotopic (exact) mass is 254 g/mol. The largest absolute Gasteiger partial charge is 0.316 e. The lowest BCUT2D eigenvalue weighted by atomic mass is 9.93. The smallest absolute Gasteiger partial charge is 0.106 e. The van der Waals surface area contributed by atoms with Gasteiger partial charge in [0.25, 0.3) is 0 Å². The molecule has 0 bridgehead atoms. The van der Waals surface area contributed by atoms with E-state index in [-0.39, 0.29) is 0 Å². The van der Waals surface area contributed by atoms with Gasteiger partial charge in [-0.05, 0) is 65.8 Å². The third kappa shape index (κ3) is 2.79. The molecule has 2 heterocycles. The van der Waals surface area contributed by atoms with Crippen molar-refractivity contribution in [3.63, 3.8) is 0 Å². The van der Waals surface area contributed by atoms with Crippen LogP contribution < -0.4 is 5.32 Å². The van der Waals surface area contributed by atoms with Gasteiger partial charge in [-0.3, -0.25) is 0 Å². The van der Waals surface area contributed by atoms with Crippen LogP contribution in [0.1, 0.15) is 18.4 Å². The van der Waals surface area contributed by atoms with Gasteiger partial charge in [-0.25, -0.2) is 4.98 Å². The second-order valence-electron chi connectivity index (χ2n) is 3.91. The van der Waals surface area contributed by atoms with E-state index in [4.69, 9.17) is 0 Å². The van der Waals surface area contributed by atoms with E-state index in [0.29, 0.717) is 0 Å². The van der Waals surface area contributed by atoms with Gasteiger partial charge in [0.1, 0.15) is 4.60 Å². The van der Waals surface area contributed by atoms with Crippen molar-refractivity contribution in [2.24, 2.45) is 5.92 Å². The predicted octanol–water partition coefficient (Wildman–Crippen LogP) is 2.39. The number of hydrogen-bond donors (Lipinski definition) is 1. The number of pyridine rings is 1. The van der Waals surface area contributed by atoms with Gasteiger partial charge in [-0.2, -0.15) is 0 Å². The minimum Gasteiger partial charge on any atom is -0.316 e. The summed E-state index contributed by atoms with van der Waals surface area (Å²) in [4.78, 5) is 4.24. The zero-order valence-electron chi connectivity index (χ0n) is 8.17. The maximum absolute atomic E-state index is 4.24. The number of rotatable bonds is 2. The SMILES string of the molecule is Brc1ccc(CC2CCCNC2)cn1. The summed E-state index contributed by atoms with van der Waals surface area (Å²) >= 11 is 3.35.